The number of nitrogens with one attached hydrogen (secondary N) is 1. The molecule has 1 aromatic carbocycles. The van der Waals surface area contributed by atoms with E-state index in [0.717, 1.165) is 6.42 Å². The number of methoxy groups -OCH3 is 1. The normalized spacial score (nSPS) is 10.0. The van der Waals surface area contributed by atoms with E-state index in [4.69, 9.17) is 21.1 Å². The highest BCUT2D eigenvalue weighted by molar-refractivity contribution is 6.32. The van der Waals surface area contributed by atoms with Gasteiger partial charge in [0.25, 0.3) is 5.91 Å². The Morgan fingerprint density at radius 3 is 2.67 bits per heavy atom. The molecular weight excluding hydrogens is 254 g/mol. The molecular formula is C13H18ClNO3. The molecule has 0 fully saturated rings. The van der Waals surface area contributed by atoms with Crippen molar-refractivity contribution in [2.24, 2.45) is 0 Å². The molecule has 5 heteroatoms. The average molecular weight is 272 g/mol. The lowest BCUT2D eigenvalue weighted by molar-refractivity contribution is 0.0953. The summed E-state index contributed by atoms with van der Waals surface area (Å²) in [6.45, 7) is 4.96. The molecule has 0 heterocycles. The number of carbonyl (C=O) groups excluding carboxylic acids is 1. The van der Waals surface area contributed by atoms with Crippen molar-refractivity contribution in [3.05, 3.63) is 22.7 Å². The van der Waals surface area contributed by atoms with E-state index in [9.17, 15) is 4.79 Å². The second kappa shape index (κ2) is 7.11. The molecule has 0 atom stereocenters. The van der Waals surface area contributed by atoms with E-state index in [1.54, 1.807) is 12.1 Å². The van der Waals surface area contributed by atoms with Crippen molar-refractivity contribution in [3.8, 4) is 11.5 Å². The molecule has 0 saturated carbocycles. The molecule has 1 rings (SSSR count). The molecule has 0 spiro atoms. The summed E-state index contributed by atoms with van der Waals surface area (Å²) in [5.41, 5.74) is 0.470. The molecule has 0 aliphatic rings. The zero-order valence-electron chi connectivity index (χ0n) is 10.9. The van der Waals surface area contributed by atoms with Gasteiger partial charge in [-0.25, -0.2) is 0 Å². The topological polar surface area (TPSA) is 47.6 Å². The summed E-state index contributed by atoms with van der Waals surface area (Å²) in [6, 6.07) is 3.22. The number of rotatable bonds is 6. The van der Waals surface area contributed by atoms with Crippen LogP contribution in [0.5, 0.6) is 11.5 Å². The van der Waals surface area contributed by atoms with E-state index < -0.39 is 0 Å². The van der Waals surface area contributed by atoms with Crippen LogP contribution in [0.1, 0.15) is 30.6 Å². The van der Waals surface area contributed by atoms with E-state index >= 15 is 0 Å². The van der Waals surface area contributed by atoms with Gasteiger partial charge in [0, 0.05) is 12.1 Å². The predicted octanol–water partition coefficient (Wildman–Crippen LogP) is 2.89. The first-order valence-electron chi connectivity index (χ1n) is 5.92. The minimum absolute atomic E-state index is 0.164. The van der Waals surface area contributed by atoms with Gasteiger partial charge in [-0.2, -0.15) is 0 Å². The van der Waals surface area contributed by atoms with E-state index in [0.29, 0.717) is 35.2 Å². The maximum Gasteiger partial charge on any atom is 0.251 e. The summed E-state index contributed by atoms with van der Waals surface area (Å²) in [5, 5.41) is 3.15. The molecule has 0 saturated heterocycles. The molecule has 0 unspecified atom stereocenters. The second-order valence-corrected chi connectivity index (χ2v) is 4.09. The summed E-state index contributed by atoms with van der Waals surface area (Å²) >= 11 is 6.06. The van der Waals surface area contributed by atoms with Gasteiger partial charge < -0.3 is 14.8 Å². The van der Waals surface area contributed by atoms with Gasteiger partial charge in [-0.1, -0.05) is 18.5 Å². The Hall–Kier alpha value is -1.42. The van der Waals surface area contributed by atoms with E-state index in [1.807, 2.05) is 13.8 Å². The number of benzene rings is 1. The van der Waals surface area contributed by atoms with Crippen LogP contribution in [-0.2, 0) is 0 Å². The summed E-state index contributed by atoms with van der Waals surface area (Å²) in [4.78, 5) is 11.8. The van der Waals surface area contributed by atoms with Gasteiger partial charge in [0.2, 0.25) is 0 Å². The molecule has 18 heavy (non-hydrogen) atoms. The van der Waals surface area contributed by atoms with Crippen LogP contribution in [0, 0.1) is 0 Å². The number of amides is 1. The Bertz CT molecular complexity index is 421. The second-order valence-electron chi connectivity index (χ2n) is 3.68. The number of carbonyl (C=O) groups is 1. The molecule has 0 radical (unpaired) electrons. The molecule has 1 amide bonds. The summed E-state index contributed by atoms with van der Waals surface area (Å²) in [5.74, 6) is 0.766. The molecule has 0 aliphatic carbocycles. The van der Waals surface area contributed by atoms with Crippen molar-refractivity contribution >= 4 is 17.5 Å². The highest BCUT2D eigenvalue weighted by atomic mass is 35.5. The lowest BCUT2D eigenvalue weighted by Crippen LogP contribution is -2.24. The Morgan fingerprint density at radius 2 is 2.11 bits per heavy atom. The summed E-state index contributed by atoms with van der Waals surface area (Å²) in [6.07, 6.45) is 0.883. The smallest absolute Gasteiger partial charge is 0.251 e. The third-order valence-corrected chi connectivity index (χ3v) is 2.59. The van der Waals surface area contributed by atoms with Crippen molar-refractivity contribution in [2.75, 3.05) is 20.3 Å². The zero-order valence-corrected chi connectivity index (χ0v) is 11.6. The Balaban J connectivity index is 3.03. The van der Waals surface area contributed by atoms with Crippen LogP contribution in [-0.4, -0.2) is 26.2 Å². The molecule has 0 aliphatic heterocycles. The SMILES string of the molecule is CCCNC(=O)c1cc(Cl)c(OC)c(OCC)c1. The van der Waals surface area contributed by atoms with Gasteiger partial charge >= 0.3 is 0 Å². The number of hydrogen-bond donors (Lipinski definition) is 1. The first kappa shape index (κ1) is 14.6. The van der Waals surface area contributed by atoms with Crippen molar-refractivity contribution < 1.29 is 14.3 Å². The van der Waals surface area contributed by atoms with Crippen LogP contribution >= 0.6 is 11.6 Å². The first-order valence-corrected chi connectivity index (χ1v) is 6.30. The van der Waals surface area contributed by atoms with Crippen LogP contribution < -0.4 is 14.8 Å². The molecule has 0 aromatic heterocycles. The van der Waals surface area contributed by atoms with Crippen LogP contribution in [0.4, 0.5) is 0 Å². The fourth-order valence-corrected chi connectivity index (χ4v) is 1.79. The Kier molecular flexibility index (Phi) is 5.78. The van der Waals surface area contributed by atoms with Crippen molar-refractivity contribution in [3.63, 3.8) is 0 Å². The third-order valence-electron chi connectivity index (χ3n) is 2.31. The monoisotopic (exact) mass is 271 g/mol. The van der Waals surface area contributed by atoms with Gasteiger partial charge in [-0.05, 0) is 25.5 Å². The molecule has 100 valence electrons. The number of halogens is 1. The van der Waals surface area contributed by atoms with Crippen LogP contribution in [0.3, 0.4) is 0 Å². The fourth-order valence-electron chi connectivity index (χ4n) is 1.50. The average Bonchev–Trinajstić information content (AvgIpc) is 2.36. The van der Waals surface area contributed by atoms with Gasteiger partial charge in [0.05, 0.1) is 18.7 Å². The standard InChI is InChI=1S/C13H18ClNO3/c1-4-6-15-13(16)9-7-10(14)12(17-3)11(8-9)18-5-2/h7-8H,4-6H2,1-3H3,(H,15,16). The third kappa shape index (κ3) is 3.53. The minimum Gasteiger partial charge on any atom is -0.491 e. The first-order chi connectivity index (χ1) is 8.63. The van der Waals surface area contributed by atoms with E-state index in [1.165, 1.54) is 7.11 Å². The Morgan fingerprint density at radius 1 is 1.39 bits per heavy atom. The minimum atomic E-state index is -0.164. The maximum atomic E-state index is 11.8. The van der Waals surface area contributed by atoms with Crippen LogP contribution in [0.25, 0.3) is 0 Å². The highest BCUT2D eigenvalue weighted by Gasteiger charge is 2.15. The van der Waals surface area contributed by atoms with Gasteiger partial charge in [-0.3, -0.25) is 4.79 Å². The van der Waals surface area contributed by atoms with Gasteiger partial charge in [0.1, 0.15) is 0 Å². The van der Waals surface area contributed by atoms with Crippen LogP contribution in [0.15, 0.2) is 12.1 Å². The largest absolute Gasteiger partial charge is 0.491 e. The van der Waals surface area contributed by atoms with E-state index in [-0.39, 0.29) is 5.91 Å². The number of hydrogen-bond acceptors (Lipinski definition) is 3. The predicted molar refractivity (Wildman–Crippen MR) is 71.8 cm³/mol. The molecule has 1 aromatic rings. The van der Waals surface area contributed by atoms with Crippen molar-refractivity contribution in [1.29, 1.82) is 0 Å². The highest BCUT2D eigenvalue weighted by Crippen LogP contribution is 2.36. The lowest BCUT2D eigenvalue weighted by Gasteiger charge is -2.13. The van der Waals surface area contributed by atoms with Gasteiger partial charge in [0.15, 0.2) is 11.5 Å². The summed E-state index contributed by atoms with van der Waals surface area (Å²) in [7, 11) is 1.51. The van der Waals surface area contributed by atoms with Crippen LogP contribution in [0.2, 0.25) is 5.02 Å². The van der Waals surface area contributed by atoms with E-state index in [2.05, 4.69) is 5.32 Å². The molecule has 4 nitrogen and oxygen atoms in total. The number of ether oxygens (including phenoxy) is 2. The van der Waals surface area contributed by atoms with Crippen molar-refractivity contribution in [1.82, 2.24) is 5.32 Å². The fraction of sp³-hybridized carbons (Fsp3) is 0.462. The zero-order chi connectivity index (χ0) is 13.5. The lowest BCUT2D eigenvalue weighted by atomic mass is 10.2. The van der Waals surface area contributed by atoms with Crippen molar-refractivity contribution in [2.45, 2.75) is 20.3 Å². The summed E-state index contributed by atoms with van der Waals surface area (Å²) < 4.78 is 10.6. The van der Waals surface area contributed by atoms with Gasteiger partial charge in [-0.15, -0.1) is 0 Å². The molecule has 1 N–H and O–H groups in total. The quantitative estimate of drug-likeness (QED) is 0.865. The Labute approximate surface area is 112 Å². The molecule has 0 bridgehead atoms. The maximum absolute atomic E-state index is 11.8.